The second-order valence-corrected chi connectivity index (χ2v) is 6.58. The van der Waals surface area contributed by atoms with Gasteiger partial charge in [0.05, 0.1) is 5.69 Å². The van der Waals surface area contributed by atoms with E-state index in [1.165, 1.54) is 5.56 Å². The number of aromatic nitrogens is 4. The van der Waals surface area contributed by atoms with Gasteiger partial charge in [-0.2, -0.15) is 4.68 Å². The van der Waals surface area contributed by atoms with E-state index in [2.05, 4.69) is 43.6 Å². The Balaban J connectivity index is 1.47. The maximum Gasteiger partial charge on any atom is 0.194 e. The van der Waals surface area contributed by atoms with Gasteiger partial charge in [-0.05, 0) is 58.0 Å². The fourth-order valence-corrected chi connectivity index (χ4v) is 2.87. The lowest BCUT2D eigenvalue weighted by molar-refractivity contribution is 0.292. The summed E-state index contributed by atoms with van der Waals surface area (Å²) in [6.45, 7) is 0.285. The van der Waals surface area contributed by atoms with E-state index >= 15 is 0 Å². The number of tetrazole rings is 1. The predicted molar refractivity (Wildman–Crippen MR) is 103 cm³/mol. The summed E-state index contributed by atoms with van der Waals surface area (Å²) < 4.78 is 8.53. The quantitative estimate of drug-likeness (QED) is 0.483. The molecule has 0 atom stereocenters. The molecule has 1 aromatic heterocycles. The first-order valence-electron chi connectivity index (χ1n) is 8.11. The van der Waals surface area contributed by atoms with E-state index < -0.39 is 0 Å². The minimum atomic E-state index is 0.285. The zero-order valence-corrected chi connectivity index (χ0v) is 15.4. The molecule has 1 heterocycles. The summed E-state index contributed by atoms with van der Waals surface area (Å²) in [5.74, 6) is 1.41. The highest BCUT2D eigenvalue weighted by molar-refractivity contribution is 9.10. The van der Waals surface area contributed by atoms with Crippen molar-refractivity contribution < 1.29 is 4.74 Å². The number of hydrogen-bond acceptors (Lipinski definition) is 4. The maximum atomic E-state index is 5.85. The normalized spacial score (nSPS) is 10.7. The van der Waals surface area contributed by atoms with E-state index in [1.807, 2.05) is 66.7 Å². The largest absolute Gasteiger partial charge is 0.486 e. The monoisotopic (exact) mass is 406 g/mol. The average molecular weight is 407 g/mol. The minimum Gasteiger partial charge on any atom is -0.486 e. The number of rotatable bonds is 5. The number of benzene rings is 3. The van der Waals surface area contributed by atoms with Crippen molar-refractivity contribution in [1.82, 2.24) is 20.2 Å². The smallest absolute Gasteiger partial charge is 0.194 e. The first-order valence-corrected chi connectivity index (χ1v) is 8.90. The number of ether oxygens (including phenoxy) is 1. The third kappa shape index (κ3) is 3.65. The number of nitrogens with zero attached hydrogens (tertiary/aromatic N) is 4. The molecule has 0 amide bonds. The lowest BCUT2D eigenvalue weighted by atomic mass is 10.1. The first-order chi connectivity index (χ1) is 12.8. The number of halogens is 1. The van der Waals surface area contributed by atoms with Gasteiger partial charge in [-0.25, -0.2) is 0 Å². The van der Waals surface area contributed by atoms with Crippen molar-refractivity contribution in [1.29, 1.82) is 0 Å². The highest BCUT2D eigenvalue weighted by Crippen LogP contribution is 2.22. The molecule has 0 aliphatic rings. The first kappa shape index (κ1) is 16.5. The summed E-state index contributed by atoms with van der Waals surface area (Å²) in [4.78, 5) is 0. The number of hydrogen-bond donors (Lipinski definition) is 0. The third-order valence-electron chi connectivity index (χ3n) is 3.93. The molecule has 3 aromatic carbocycles. The van der Waals surface area contributed by atoms with Crippen LogP contribution in [-0.2, 0) is 6.61 Å². The van der Waals surface area contributed by atoms with Gasteiger partial charge in [0, 0.05) is 4.47 Å². The van der Waals surface area contributed by atoms with E-state index in [0.29, 0.717) is 5.82 Å². The molecule has 0 fully saturated rings. The van der Waals surface area contributed by atoms with Gasteiger partial charge in [0.15, 0.2) is 5.82 Å². The molecule has 0 aliphatic carbocycles. The van der Waals surface area contributed by atoms with Crippen molar-refractivity contribution in [3.8, 4) is 22.6 Å². The second kappa shape index (κ2) is 7.49. The highest BCUT2D eigenvalue weighted by atomic mass is 79.9. The average Bonchev–Trinajstić information content (AvgIpc) is 3.17. The summed E-state index contributed by atoms with van der Waals surface area (Å²) in [7, 11) is 0. The van der Waals surface area contributed by atoms with Gasteiger partial charge in [0.1, 0.15) is 12.4 Å². The molecule has 4 aromatic rings. The maximum absolute atomic E-state index is 5.85. The Morgan fingerprint density at radius 1 is 0.808 bits per heavy atom. The van der Waals surface area contributed by atoms with E-state index in [-0.39, 0.29) is 6.61 Å². The molecule has 0 saturated heterocycles. The van der Waals surface area contributed by atoms with Crippen LogP contribution in [0.4, 0.5) is 0 Å². The van der Waals surface area contributed by atoms with Crippen LogP contribution in [0, 0.1) is 0 Å². The molecule has 0 N–H and O–H groups in total. The standard InChI is InChI=1S/C20H15BrN4O/c21-17-8-10-18(11-9-17)25-20(22-23-24-25)14-26-19-12-6-16(7-13-19)15-4-2-1-3-5-15/h1-13H,14H2. The highest BCUT2D eigenvalue weighted by Gasteiger charge is 2.09. The van der Waals surface area contributed by atoms with Crippen LogP contribution < -0.4 is 4.74 Å². The van der Waals surface area contributed by atoms with Crippen molar-refractivity contribution in [3.63, 3.8) is 0 Å². The molecule has 0 saturated carbocycles. The molecule has 0 radical (unpaired) electrons. The molecule has 0 aliphatic heterocycles. The Morgan fingerprint density at radius 3 is 2.23 bits per heavy atom. The Bertz CT molecular complexity index is 983. The van der Waals surface area contributed by atoms with Crippen LogP contribution in [0.5, 0.6) is 5.75 Å². The van der Waals surface area contributed by atoms with Crippen molar-refractivity contribution >= 4 is 15.9 Å². The fourth-order valence-electron chi connectivity index (χ4n) is 2.60. The Morgan fingerprint density at radius 2 is 1.50 bits per heavy atom. The molecule has 0 unspecified atom stereocenters. The molecule has 5 nitrogen and oxygen atoms in total. The molecule has 4 rings (SSSR count). The van der Waals surface area contributed by atoms with E-state index in [4.69, 9.17) is 4.74 Å². The molecule has 6 heteroatoms. The van der Waals surface area contributed by atoms with Gasteiger partial charge in [-0.3, -0.25) is 0 Å². The Labute approximate surface area is 159 Å². The molecule has 128 valence electrons. The van der Waals surface area contributed by atoms with Crippen molar-refractivity contribution in [2.45, 2.75) is 6.61 Å². The molecule has 0 bridgehead atoms. The third-order valence-corrected chi connectivity index (χ3v) is 4.46. The van der Waals surface area contributed by atoms with Crippen LogP contribution >= 0.6 is 15.9 Å². The lowest BCUT2D eigenvalue weighted by Gasteiger charge is -2.08. The van der Waals surface area contributed by atoms with Gasteiger partial charge in [-0.15, -0.1) is 5.10 Å². The summed E-state index contributed by atoms with van der Waals surface area (Å²) in [6.07, 6.45) is 0. The zero-order chi connectivity index (χ0) is 17.8. The Hall–Kier alpha value is -2.99. The topological polar surface area (TPSA) is 52.8 Å². The van der Waals surface area contributed by atoms with Gasteiger partial charge >= 0.3 is 0 Å². The second-order valence-electron chi connectivity index (χ2n) is 5.66. The van der Waals surface area contributed by atoms with Gasteiger partial charge in [-0.1, -0.05) is 58.4 Å². The SMILES string of the molecule is Brc1ccc(-n2nnnc2COc2ccc(-c3ccccc3)cc2)cc1. The van der Waals surface area contributed by atoms with Gasteiger partial charge in [0.2, 0.25) is 0 Å². The van der Waals surface area contributed by atoms with Gasteiger partial charge in [0.25, 0.3) is 0 Å². The minimum absolute atomic E-state index is 0.285. The van der Waals surface area contributed by atoms with Crippen LogP contribution in [-0.4, -0.2) is 20.2 Å². The molecule has 26 heavy (non-hydrogen) atoms. The molecular formula is C20H15BrN4O. The lowest BCUT2D eigenvalue weighted by Crippen LogP contribution is -2.06. The fraction of sp³-hybridized carbons (Fsp3) is 0.0500. The summed E-state index contributed by atoms with van der Waals surface area (Å²) in [6, 6.07) is 26.0. The van der Waals surface area contributed by atoms with Crippen LogP contribution in [0.25, 0.3) is 16.8 Å². The molecular weight excluding hydrogens is 392 g/mol. The Kier molecular flexibility index (Phi) is 4.75. The van der Waals surface area contributed by atoms with Crippen LogP contribution in [0.2, 0.25) is 0 Å². The predicted octanol–water partition coefficient (Wildman–Crippen LogP) is 4.67. The van der Waals surface area contributed by atoms with Crippen molar-refractivity contribution in [2.24, 2.45) is 0 Å². The molecule has 0 spiro atoms. The summed E-state index contributed by atoms with van der Waals surface area (Å²) >= 11 is 3.43. The van der Waals surface area contributed by atoms with Crippen LogP contribution in [0.3, 0.4) is 0 Å². The van der Waals surface area contributed by atoms with E-state index in [0.717, 1.165) is 21.5 Å². The van der Waals surface area contributed by atoms with Crippen LogP contribution in [0.1, 0.15) is 5.82 Å². The summed E-state index contributed by atoms with van der Waals surface area (Å²) in [5, 5.41) is 11.9. The van der Waals surface area contributed by atoms with Crippen molar-refractivity contribution in [2.75, 3.05) is 0 Å². The van der Waals surface area contributed by atoms with E-state index in [9.17, 15) is 0 Å². The zero-order valence-electron chi connectivity index (χ0n) is 13.8. The van der Waals surface area contributed by atoms with Crippen molar-refractivity contribution in [3.05, 3.63) is 89.2 Å². The van der Waals surface area contributed by atoms with E-state index in [1.54, 1.807) is 4.68 Å². The van der Waals surface area contributed by atoms with Gasteiger partial charge < -0.3 is 4.74 Å². The van der Waals surface area contributed by atoms with Crippen LogP contribution in [0.15, 0.2) is 83.3 Å². The summed E-state index contributed by atoms with van der Waals surface area (Å²) in [5.41, 5.74) is 3.21.